The highest BCUT2D eigenvalue weighted by Gasteiger charge is 2.11. The normalized spacial score (nSPS) is 10.1. The van der Waals surface area contributed by atoms with Gasteiger partial charge in [-0.1, -0.05) is 5.16 Å². The van der Waals surface area contributed by atoms with E-state index in [4.69, 9.17) is 5.73 Å². The van der Waals surface area contributed by atoms with E-state index in [-0.39, 0.29) is 23.5 Å². The van der Waals surface area contributed by atoms with Crippen molar-refractivity contribution in [1.82, 2.24) is 15.5 Å². The molecular formula is C10H10N4O3. The molecule has 2 rings (SSSR count). The summed E-state index contributed by atoms with van der Waals surface area (Å²) in [5, 5.41) is 15.4. The number of aromatic hydroxyl groups is 1. The number of nitrogens with one attached hydrogen (secondary N) is 1. The molecule has 0 radical (unpaired) electrons. The fraction of sp³-hybridized carbons (Fsp3) is 0.100. The highest BCUT2D eigenvalue weighted by molar-refractivity contribution is 5.99. The van der Waals surface area contributed by atoms with Crippen LogP contribution in [0.5, 0.6) is 5.75 Å². The number of hydrogen-bond acceptors (Lipinski definition) is 6. The predicted molar refractivity (Wildman–Crippen MR) is 58.0 cm³/mol. The smallest absolute Gasteiger partial charge is 0.253 e. The van der Waals surface area contributed by atoms with Crippen LogP contribution in [0.15, 0.2) is 29.1 Å². The lowest BCUT2D eigenvalue weighted by atomic mass is 10.1. The van der Waals surface area contributed by atoms with Crippen LogP contribution in [0.25, 0.3) is 0 Å². The van der Waals surface area contributed by atoms with E-state index in [2.05, 4.69) is 20.0 Å². The molecule has 2 aromatic rings. The number of rotatable bonds is 3. The number of phenols is 1. The Kier molecular flexibility index (Phi) is 2.91. The molecule has 0 spiro atoms. The first-order valence-electron chi connectivity index (χ1n) is 4.79. The van der Waals surface area contributed by atoms with E-state index < -0.39 is 5.91 Å². The van der Waals surface area contributed by atoms with Gasteiger partial charge in [-0.25, -0.2) is 0 Å². The topological polar surface area (TPSA) is 114 Å². The molecule has 4 N–H and O–H groups in total. The van der Waals surface area contributed by atoms with Gasteiger partial charge < -0.3 is 20.7 Å². The summed E-state index contributed by atoms with van der Waals surface area (Å²) >= 11 is 0. The minimum atomic E-state index is -0.414. The molecule has 1 amide bonds. The number of anilines is 1. The van der Waals surface area contributed by atoms with Crippen molar-refractivity contribution in [3.8, 4) is 5.75 Å². The number of amides is 1. The van der Waals surface area contributed by atoms with Gasteiger partial charge in [0, 0.05) is 5.69 Å². The van der Waals surface area contributed by atoms with E-state index in [9.17, 15) is 9.90 Å². The number of carbonyl (C=O) groups excluding carboxylic acids is 1. The first-order valence-corrected chi connectivity index (χ1v) is 4.79. The molecule has 7 nitrogen and oxygen atoms in total. The van der Waals surface area contributed by atoms with Gasteiger partial charge >= 0.3 is 0 Å². The lowest BCUT2D eigenvalue weighted by Gasteiger charge is -2.06. The molecule has 0 fully saturated rings. The molecule has 0 aliphatic heterocycles. The van der Waals surface area contributed by atoms with Crippen LogP contribution >= 0.6 is 0 Å². The maximum Gasteiger partial charge on any atom is 0.253 e. The molecule has 0 bridgehead atoms. The number of nitrogens with two attached hydrogens (primary N) is 1. The van der Waals surface area contributed by atoms with Crippen LogP contribution in [0.4, 0.5) is 5.69 Å². The molecule has 17 heavy (non-hydrogen) atoms. The van der Waals surface area contributed by atoms with Gasteiger partial charge in [0.25, 0.3) is 5.91 Å². The number of nitrogen functional groups attached to an aromatic ring is 1. The molecule has 0 saturated heterocycles. The van der Waals surface area contributed by atoms with Crippen molar-refractivity contribution in [3.63, 3.8) is 0 Å². The van der Waals surface area contributed by atoms with Crippen LogP contribution in [-0.2, 0) is 6.54 Å². The molecule has 0 aliphatic carbocycles. The summed E-state index contributed by atoms with van der Waals surface area (Å²) in [6, 6.07) is 4.16. The van der Waals surface area contributed by atoms with Crippen molar-refractivity contribution in [2.75, 3.05) is 5.73 Å². The fourth-order valence-corrected chi connectivity index (χ4v) is 1.27. The minimum absolute atomic E-state index is 0.0242. The SMILES string of the molecule is Nc1ccc(O)cc1C(=O)NCc1ncon1. The van der Waals surface area contributed by atoms with Crippen molar-refractivity contribution in [3.05, 3.63) is 36.0 Å². The highest BCUT2D eigenvalue weighted by Crippen LogP contribution is 2.18. The quantitative estimate of drug-likeness (QED) is 0.519. The van der Waals surface area contributed by atoms with E-state index in [0.717, 1.165) is 0 Å². The van der Waals surface area contributed by atoms with E-state index in [1.807, 2.05) is 0 Å². The van der Waals surface area contributed by atoms with Gasteiger partial charge in [0.15, 0.2) is 5.82 Å². The molecule has 0 aliphatic rings. The Morgan fingerprint density at radius 2 is 2.35 bits per heavy atom. The summed E-state index contributed by atoms with van der Waals surface area (Å²) in [6.45, 7) is 0.129. The van der Waals surface area contributed by atoms with Crippen LogP contribution in [0.1, 0.15) is 16.2 Å². The molecule has 0 saturated carbocycles. The van der Waals surface area contributed by atoms with Crippen molar-refractivity contribution in [2.24, 2.45) is 0 Å². The number of hydrogen-bond donors (Lipinski definition) is 3. The second-order valence-corrected chi connectivity index (χ2v) is 3.30. The van der Waals surface area contributed by atoms with Crippen LogP contribution in [0.2, 0.25) is 0 Å². The van der Waals surface area contributed by atoms with Crippen molar-refractivity contribution >= 4 is 11.6 Å². The first-order chi connectivity index (χ1) is 8.16. The summed E-state index contributed by atoms with van der Waals surface area (Å²) in [5.74, 6) is -0.0795. The van der Waals surface area contributed by atoms with Gasteiger partial charge in [0.2, 0.25) is 6.39 Å². The second kappa shape index (κ2) is 4.52. The largest absolute Gasteiger partial charge is 0.508 e. The third-order valence-corrected chi connectivity index (χ3v) is 2.10. The summed E-state index contributed by atoms with van der Waals surface area (Å²) in [6.07, 6.45) is 1.17. The van der Waals surface area contributed by atoms with Crippen LogP contribution in [0, 0.1) is 0 Å². The Hall–Kier alpha value is -2.57. The zero-order chi connectivity index (χ0) is 12.3. The Bertz CT molecular complexity index is 524. The number of nitrogens with zero attached hydrogens (tertiary/aromatic N) is 2. The molecule has 1 aromatic heterocycles. The molecule has 0 atom stereocenters. The maximum atomic E-state index is 11.7. The lowest BCUT2D eigenvalue weighted by molar-refractivity contribution is 0.0950. The number of aromatic nitrogens is 2. The summed E-state index contributed by atoms with van der Waals surface area (Å²) in [7, 11) is 0. The molecule has 88 valence electrons. The lowest BCUT2D eigenvalue weighted by Crippen LogP contribution is -2.24. The maximum absolute atomic E-state index is 11.7. The van der Waals surface area contributed by atoms with E-state index in [0.29, 0.717) is 5.82 Å². The van der Waals surface area contributed by atoms with Crippen LogP contribution in [0.3, 0.4) is 0 Å². The first kappa shape index (κ1) is 10.9. The van der Waals surface area contributed by atoms with E-state index in [1.165, 1.54) is 24.6 Å². The number of carbonyl (C=O) groups is 1. The molecule has 1 heterocycles. The van der Waals surface area contributed by atoms with Crippen molar-refractivity contribution in [1.29, 1.82) is 0 Å². The average molecular weight is 234 g/mol. The fourth-order valence-electron chi connectivity index (χ4n) is 1.27. The Morgan fingerprint density at radius 1 is 1.53 bits per heavy atom. The van der Waals surface area contributed by atoms with Gasteiger partial charge in [-0.2, -0.15) is 4.98 Å². The van der Waals surface area contributed by atoms with Crippen molar-refractivity contribution < 1.29 is 14.4 Å². The predicted octanol–water partition coefficient (Wildman–Crippen LogP) is 0.287. The minimum Gasteiger partial charge on any atom is -0.508 e. The summed E-state index contributed by atoms with van der Waals surface area (Å²) in [4.78, 5) is 15.5. The standard InChI is InChI=1S/C10H10N4O3/c11-8-2-1-6(15)3-7(8)10(16)12-4-9-13-5-17-14-9/h1-3,5,15H,4,11H2,(H,12,16). The van der Waals surface area contributed by atoms with Crippen LogP contribution < -0.4 is 11.1 Å². The monoisotopic (exact) mass is 234 g/mol. The van der Waals surface area contributed by atoms with E-state index in [1.54, 1.807) is 0 Å². The molecule has 0 unspecified atom stereocenters. The van der Waals surface area contributed by atoms with Gasteiger partial charge in [-0.3, -0.25) is 4.79 Å². The summed E-state index contributed by atoms with van der Waals surface area (Å²) in [5.41, 5.74) is 6.11. The Morgan fingerprint density at radius 3 is 3.06 bits per heavy atom. The molecule has 7 heteroatoms. The zero-order valence-electron chi connectivity index (χ0n) is 8.75. The Labute approximate surface area is 96.2 Å². The molecular weight excluding hydrogens is 224 g/mol. The number of benzene rings is 1. The third-order valence-electron chi connectivity index (χ3n) is 2.10. The Balaban J connectivity index is 2.07. The van der Waals surface area contributed by atoms with Crippen LogP contribution in [-0.4, -0.2) is 21.2 Å². The highest BCUT2D eigenvalue weighted by atomic mass is 16.5. The van der Waals surface area contributed by atoms with E-state index >= 15 is 0 Å². The third kappa shape index (κ3) is 2.51. The van der Waals surface area contributed by atoms with Gasteiger partial charge in [-0.15, -0.1) is 0 Å². The second-order valence-electron chi connectivity index (χ2n) is 3.30. The average Bonchev–Trinajstić information content (AvgIpc) is 2.82. The molecule has 1 aromatic carbocycles. The zero-order valence-corrected chi connectivity index (χ0v) is 8.75. The van der Waals surface area contributed by atoms with Gasteiger partial charge in [-0.05, 0) is 18.2 Å². The van der Waals surface area contributed by atoms with Crippen molar-refractivity contribution in [2.45, 2.75) is 6.54 Å². The van der Waals surface area contributed by atoms with Gasteiger partial charge in [0.1, 0.15) is 5.75 Å². The van der Waals surface area contributed by atoms with Gasteiger partial charge in [0.05, 0.1) is 12.1 Å². The number of phenolic OH excluding ortho intramolecular Hbond substituents is 1. The summed E-state index contributed by atoms with van der Waals surface area (Å²) < 4.78 is 4.52.